The molecular weight excluding hydrogens is 160 g/mol. The van der Waals surface area contributed by atoms with Crippen molar-refractivity contribution in [3.8, 4) is 6.07 Å². The summed E-state index contributed by atoms with van der Waals surface area (Å²) in [5.41, 5.74) is 0. The molecule has 0 aliphatic carbocycles. The van der Waals surface area contributed by atoms with E-state index in [9.17, 15) is 4.39 Å². The van der Waals surface area contributed by atoms with E-state index in [-0.39, 0.29) is 0 Å². The maximum absolute atomic E-state index is 12.7. The molecule has 0 aromatic heterocycles. The molecule has 12 heavy (non-hydrogen) atoms. The van der Waals surface area contributed by atoms with Gasteiger partial charge in [0.1, 0.15) is 5.83 Å². The Kier molecular flexibility index (Phi) is 5.01. The summed E-state index contributed by atoms with van der Waals surface area (Å²) in [6.45, 7) is 1.41. The molecule has 0 aliphatic rings. The minimum Gasteiger partial charge on any atom is -0.424 e. The van der Waals surface area contributed by atoms with Crippen LogP contribution in [0, 0.1) is 17.2 Å². The molecule has 0 aromatic carbocycles. The van der Waals surface area contributed by atoms with E-state index in [1.165, 1.54) is 6.92 Å². The van der Waals surface area contributed by atoms with Crippen LogP contribution >= 0.6 is 0 Å². The third kappa shape index (κ3) is 4.66. The lowest BCUT2D eigenvalue weighted by molar-refractivity contribution is 0.424. The van der Waals surface area contributed by atoms with Gasteiger partial charge in [0.05, 0.1) is 12.0 Å². The maximum atomic E-state index is 12.7. The Hall–Kier alpha value is -1.12. The SMILES string of the molecule is CC(C#N)/C(F)=C\C=C\B(O)O. The average Bonchev–Trinajstić information content (AvgIpc) is 2.02. The number of allylic oxidation sites excluding steroid dienone is 3. The lowest BCUT2D eigenvalue weighted by atomic mass is 9.92. The minimum atomic E-state index is -1.59. The standard InChI is InChI=1S/C7H9BFNO2/c1-6(5-10)7(9)3-2-4-8(11)12/h2-4,6,11-12H,1H3/b4-2+,7-3+. The van der Waals surface area contributed by atoms with E-state index < -0.39 is 18.9 Å². The second-order valence-electron chi connectivity index (χ2n) is 2.20. The summed E-state index contributed by atoms with van der Waals surface area (Å²) in [4.78, 5) is 0. The van der Waals surface area contributed by atoms with Gasteiger partial charge in [-0.25, -0.2) is 4.39 Å². The largest absolute Gasteiger partial charge is 0.480 e. The van der Waals surface area contributed by atoms with E-state index in [0.29, 0.717) is 0 Å². The summed E-state index contributed by atoms with van der Waals surface area (Å²) in [5, 5.41) is 24.9. The summed E-state index contributed by atoms with van der Waals surface area (Å²) < 4.78 is 12.7. The van der Waals surface area contributed by atoms with Crippen LogP contribution in [0.4, 0.5) is 4.39 Å². The van der Waals surface area contributed by atoms with Gasteiger partial charge >= 0.3 is 7.12 Å². The van der Waals surface area contributed by atoms with Gasteiger partial charge in [0, 0.05) is 0 Å². The molecule has 0 radical (unpaired) electrons. The Balaban J connectivity index is 4.11. The zero-order valence-electron chi connectivity index (χ0n) is 6.61. The zero-order valence-corrected chi connectivity index (χ0v) is 6.61. The molecule has 0 rings (SSSR count). The van der Waals surface area contributed by atoms with E-state index in [1.807, 2.05) is 0 Å². The molecule has 0 aromatic rings. The highest BCUT2D eigenvalue weighted by Gasteiger charge is 2.04. The molecule has 0 fully saturated rings. The van der Waals surface area contributed by atoms with E-state index in [0.717, 1.165) is 18.1 Å². The summed E-state index contributed by atoms with van der Waals surface area (Å²) in [7, 11) is -1.59. The van der Waals surface area contributed by atoms with Crippen molar-refractivity contribution in [1.29, 1.82) is 5.26 Å². The average molecular weight is 169 g/mol. The molecule has 0 amide bonds. The van der Waals surface area contributed by atoms with Gasteiger partial charge < -0.3 is 10.0 Å². The summed E-state index contributed by atoms with van der Waals surface area (Å²) in [5.74, 6) is -0.413. The predicted molar refractivity (Wildman–Crippen MR) is 43.3 cm³/mol. The molecule has 1 atom stereocenters. The molecule has 0 saturated heterocycles. The molecule has 1 unspecified atom stereocenters. The molecular formula is C7H9BFNO2. The van der Waals surface area contributed by atoms with Crippen LogP contribution in [-0.4, -0.2) is 17.2 Å². The normalized spacial score (nSPS) is 14.4. The zero-order chi connectivity index (χ0) is 9.56. The molecule has 0 aliphatic heterocycles. The molecule has 0 bridgehead atoms. The molecule has 2 N–H and O–H groups in total. The van der Waals surface area contributed by atoms with E-state index in [1.54, 1.807) is 6.07 Å². The first-order valence-corrected chi connectivity index (χ1v) is 3.37. The van der Waals surface area contributed by atoms with Crippen molar-refractivity contribution >= 4 is 7.12 Å². The third-order valence-electron chi connectivity index (χ3n) is 1.15. The number of halogens is 1. The van der Waals surface area contributed by atoms with Crippen LogP contribution in [-0.2, 0) is 0 Å². The van der Waals surface area contributed by atoms with Crippen LogP contribution in [0.2, 0.25) is 0 Å². The number of nitriles is 1. The van der Waals surface area contributed by atoms with Crippen molar-refractivity contribution in [3.63, 3.8) is 0 Å². The number of hydrogen-bond donors (Lipinski definition) is 2. The van der Waals surface area contributed by atoms with Crippen molar-refractivity contribution in [2.75, 3.05) is 0 Å². The van der Waals surface area contributed by atoms with Crippen LogP contribution in [0.5, 0.6) is 0 Å². The van der Waals surface area contributed by atoms with Crippen LogP contribution in [0.15, 0.2) is 24.0 Å². The van der Waals surface area contributed by atoms with E-state index >= 15 is 0 Å². The topological polar surface area (TPSA) is 64.2 Å². The van der Waals surface area contributed by atoms with Crippen LogP contribution in [0.3, 0.4) is 0 Å². The van der Waals surface area contributed by atoms with Crippen molar-refractivity contribution in [2.24, 2.45) is 5.92 Å². The Bertz CT molecular complexity index is 232. The summed E-state index contributed by atoms with van der Waals surface area (Å²) in [6.07, 6.45) is 2.17. The van der Waals surface area contributed by atoms with Crippen molar-refractivity contribution in [1.82, 2.24) is 0 Å². The van der Waals surface area contributed by atoms with E-state index in [4.69, 9.17) is 15.3 Å². The van der Waals surface area contributed by atoms with Gasteiger partial charge in [-0.3, -0.25) is 0 Å². The lowest BCUT2D eigenvalue weighted by Crippen LogP contribution is -2.05. The highest BCUT2D eigenvalue weighted by Crippen LogP contribution is 2.09. The monoisotopic (exact) mass is 169 g/mol. The van der Waals surface area contributed by atoms with Crippen LogP contribution in [0.25, 0.3) is 0 Å². The quantitative estimate of drug-likeness (QED) is 0.479. The van der Waals surface area contributed by atoms with Crippen molar-refractivity contribution in [2.45, 2.75) is 6.92 Å². The number of hydrogen-bond acceptors (Lipinski definition) is 3. The van der Waals surface area contributed by atoms with Gasteiger partial charge in [0.25, 0.3) is 0 Å². The number of rotatable bonds is 3. The van der Waals surface area contributed by atoms with E-state index in [2.05, 4.69) is 0 Å². The van der Waals surface area contributed by atoms with Gasteiger partial charge in [-0.2, -0.15) is 5.26 Å². The molecule has 5 heteroatoms. The fourth-order valence-corrected chi connectivity index (χ4v) is 0.453. The van der Waals surface area contributed by atoms with Crippen molar-refractivity contribution < 1.29 is 14.4 Å². The molecule has 0 spiro atoms. The van der Waals surface area contributed by atoms with Gasteiger partial charge in [-0.1, -0.05) is 12.1 Å². The first kappa shape index (κ1) is 10.9. The fraction of sp³-hybridized carbons (Fsp3) is 0.286. The minimum absolute atomic E-state index is 0.602. The van der Waals surface area contributed by atoms with Gasteiger partial charge in [-0.15, -0.1) is 0 Å². The van der Waals surface area contributed by atoms with Crippen molar-refractivity contribution in [3.05, 3.63) is 24.0 Å². The second-order valence-corrected chi connectivity index (χ2v) is 2.20. The molecule has 0 saturated carbocycles. The molecule has 3 nitrogen and oxygen atoms in total. The highest BCUT2D eigenvalue weighted by molar-refractivity contribution is 6.47. The summed E-state index contributed by atoms with van der Waals surface area (Å²) >= 11 is 0. The van der Waals surface area contributed by atoms with Gasteiger partial charge in [-0.05, 0) is 13.0 Å². The smallest absolute Gasteiger partial charge is 0.424 e. The lowest BCUT2D eigenvalue weighted by Gasteiger charge is -1.94. The Morgan fingerprint density at radius 3 is 2.67 bits per heavy atom. The first-order chi connectivity index (χ1) is 5.57. The highest BCUT2D eigenvalue weighted by atomic mass is 19.1. The van der Waals surface area contributed by atoms with Gasteiger partial charge in [0.2, 0.25) is 0 Å². The van der Waals surface area contributed by atoms with Gasteiger partial charge in [0.15, 0.2) is 0 Å². The number of nitrogens with zero attached hydrogens (tertiary/aromatic N) is 1. The Labute approximate surface area is 70.6 Å². The predicted octanol–water partition coefficient (Wildman–Crippen LogP) is 0.568. The second kappa shape index (κ2) is 5.52. The summed E-state index contributed by atoms with van der Waals surface area (Å²) in [6, 6.07) is 1.70. The molecule has 0 heterocycles. The maximum Gasteiger partial charge on any atom is 0.480 e. The van der Waals surface area contributed by atoms with Crippen LogP contribution < -0.4 is 0 Å². The Morgan fingerprint density at radius 2 is 2.25 bits per heavy atom. The third-order valence-corrected chi connectivity index (χ3v) is 1.15. The first-order valence-electron chi connectivity index (χ1n) is 3.37. The Morgan fingerprint density at radius 1 is 1.67 bits per heavy atom. The fourth-order valence-electron chi connectivity index (χ4n) is 0.453. The molecule has 64 valence electrons. The van der Waals surface area contributed by atoms with Crippen LogP contribution in [0.1, 0.15) is 6.92 Å².